The Labute approximate surface area is 183 Å². The lowest BCUT2D eigenvalue weighted by Crippen LogP contribution is -2.37. The van der Waals surface area contributed by atoms with Gasteiger partial charge in [0.15, 0.2) is 9.84 Å². The molecule has 0 radical (unpaired) electrons. The lowest BCUT2D eigenvalue weighted by molar-refractivity contribution is -0.136. The highest BCUT2D eigenvalue weighted by molar-refractivity contribution is 7.90. The third kappa shape index (κ3) is 6.15. The number of carbonyl (C=O) groups is 1. The maximum atomic E-state index is 12.8. The van der Waals surface area contributed by atoms with Gasteiger partial charge in [-0.05, 0) is 60.1 Å². The lowest BCUT2D eigenvalue weighted by atomic mass is 9.80. The van der Waals surface area contributed by atoms with Gasteiger partial charge in [-0.1, -0.05) is 37.1 Å². The molecule has 0 unspecified atom stereocenters. The molecular formula is C22H27NO6S2. The summed E-state index contributed by atoms with van der Waals surface area (Å²) in [5, 5.41) is 8.91. The summed E-state index contributed by atoms with van der Waals surface area (Å²) in [5.74, 6) is -0.876. The Morgan fingerprint density at radius 1 is 0.903 bits per heavy atom. The van der Waals surface area contributed by atoms with Crippen molar-refractivity contribution in [1.29, 1.82) is 0 Å². The highest BCUT2D eigenvalue weighted by atomic mass is 32.2. The second-order valence-corrected chi connectivity index (χ2v) is 12.1. The number of sulfone groups is 1. The van der Waals surface area contributed by atoms with Crippen molar-refractivity contribution in [3.63, 3.8) is 0 Å². The van der Waals surface area contributed by atoms with Gasteiger partial charge in [0.05, 0.1) is 16.2 Å². The van der Waals surface area contributed by atoms with E-state index in [1.165, 1.54) is 24.3 Å². The number of sulfonamides is 1. The van der Waals surface area contributed by atoms with E-state index in [4.69, 9.17) is 5.11 Å². The standard InChI is InChI=1S/C22H27NO6S2/c1-30(26,27)19-8-10-20(11-9-19)31(28,29)23-16-22(12-2-3-13-22)15-18-6-4-17(5-7-18)14-21(24)25/h4-11,23H,2-3,12-16H2,1H3,(H,24,25). The number of carboxylic acid groups (broad SMARTS) is 1. The van der Waals surface area contributed by atoms with Gasteiger partial charge in [0.1, 0.15) is 0 Å². The first-order chi connectivity index (χ1) is 14.5. The largest absolute Gasteiger partial charge is 0.481 e. The van der Waals surface area contributed by atoms with Crippen LogP contribution >= 0.6 is 0 Å². The number of carboxylic acids is 1. The van der Waals surface area contributed by atoms with Crippen molar-refractivity contribution in [3.05, 3.63) is 59.7 Å². The third-order valence-corrected chi connectivity index (χ3v) is 8.37. The summed E-state index contributed by atoms with van der Waals surface area (Å²) in [6.45, 7) is 0.292. The third-order valence-electron chi connectivity index (χ3n) is 5.82. The summed E-state index contributed by atoms with van der Waals surface area (Å²) < 4.78 is 51.4. The first-order valence-corrected chi connectivity index (χ1v) is 13.5. The zero-order chi connectivity index (χ0) is 22.7. The summed E-state index contributed by atoms with van der Waals surface area (Å²) in [5.41, 5.74) is 1.58. The van der Waals surface area contributed by atoms with Crippen LogP contribution in [0.15, 0.2) is 58.3 Å². The summed E-state index contributed by atoms with van der Waals surface area (Å²) in [6.07, 6.45) is 5.62. The van der Waals surface area contributed by atoms with Gasteiger partial charge < -0.3 is 5.11 Å². The molecule has 31 heavy (non-hydrogen) atoms. The highest BCUT2D eigenvalue weighted by Crippen LogP contribution is 2.40. The van der Waals surface area contributed by atoms with E-state index in [1.54, 1.807) is 12.1 Å². The van der Waals surface area contributed by atoms with Gasteiger partial charge in [-0.3, -0.25) is 4.79 Å². The Bertz CT molecular complexity index is 1130. The van der Waals surface area contributed by atoms with E-state index in [1.807, 2.05) is 12.1 Å². The molecule has 0 atom stereocenters. The molecule has 2 aromatic carbocycles. The van der Waals surface area contributed by atoms with Crippen molar-refractivity contribution in [2.75, 3.05) is 12.8 Å². The molecule has 0 amide bonds. The van der Waals surface area contributed by atoms with Crippen LogP contribution in [0.1, 0.15) is 36.8 Å². The average Bonchev–Trinajstić information content (AvgIpc) is 3.16. The van der Waals surface area contributed by atoms with E-state index in [2.05, 4.69) is 4.72 Å². The van der Waals surface area contributed by atoms with E-state index in [9.17, 15) is 21.6 Å². The maximum Gasteiger partial charge on any atom is 0.307 e. The fourth-order valence-electron chi connectivity index (χ4n) is 4.12. The van der Waals surface area contributed by atoms with Crippen LogP contribution in [0.4, 0.5) is 0 Å². The fourth-order valence-corrected chi connectivity index (χ4v) is 5.91. The maximum absolute atomic E-state index is 12.8. The highest BCUT2D eigenvalue weighted by Gasteiger charge is 2.35. The van der Waals surface area contributed by atoms with Crippen molar-refractivity contribution < 1.29 is 26.7 Å². The number of nitrogens with one attached hydrogen (secondary N) is 1. The Balaban J connectivity index is 1.71. The second-order valence-electron chi connectivity index (χ2n) is 8.34. The van der Waals surface area contributed by atoms with E-state index >= 15 is 0 Å². The monoisotopic (exact) mass is 465 g/mol. The van der Waals surface area contributed by atoms with Crippen LogP contribution < -0.4 is 4.72 Å². The van der Waals surface area contributed by atoms with Crippen LogP contribution in [0, 0.1) is 5.41 Å². The molecule has 1 saturated carbocycles. The summed E-state index contributed by atoms with van der Waals surface area (Å²) in [6, 6.07) is 12.6. The van der Waals surface area contributed by atoms with Gasteiger partial charge in [0.2, 0.25) is 10.0 Å². The fraction of sp³-hybridized carbons (Fsp3) is 0.409. The number of aliphatic carboxylic acids is 1. The van der Waals surface area contributed by atoms with Gasteiger partial charge in [-0.25, -0.2) is 21.6 Å². The molecule has 0 saturated heterocycles. The zero-order valence-corrected chi connectivity index (χ0v) is 19.0. The van der Waals surface area contributed by atoms with Crippen molar-refractivity contribution in [3.8, 4) is 0 Å². The van der Waals surface area contributed by atoms with Crippen molar-refractivity contribution in [2.45, 2.75) is 48.3 Å². The first-order valence-electron chi connectivity index (χ1n) is 10.1. The topological polar surface area (TPSA) is 118 Å². The van der Waals surface area contributed by atoms with Crippen LogP contribution in [-0.2, 0) is 37.5 Å². The molecule has 2 N–H and O–H groups in total. The number of hydrogen-bond donors (Lipinski definition) is 2. The Kier molecular flexibility index (Phi) is 6.88. The molecular weight excluding hydrogens is 438 g/mol. The van der Waals surface area contributed by atoms with Crippen LogP contribution in [0.3, 0.4) is 0 Å². The molecule has 0 bridgehead atoms. The predicted octanol–water partition coefficient (Wildman–Crippen LogP) is 2.80. The van der Waals surface area contributed by atoms with Crippen LogP contribution in [0.2, 0.25) is 0 Å². The molecule has 9 heteroatoms. The predicted molar refractivity (Wildman–Crippen MR) is 117 cm³/mol. The molecule has 0 aliphatic heterocycles. The second kappa shape index (κ2) is 9.10. The molecule has 3 rings (SSSR count). The van der Waals surface area contributed by atoms with Gasteiger partial charge in [-0.15, -0.1) is 0 Å². The minimum absolute atomic E-state index is 0.0245. The van der Waals surface area contributed by atoms with Crippen LogP contribution in [-0.4, -0.2) is 40.7 Å². The minimum Gasteiger partial charge on any atom is -0.481 e. The Hall–Kier alpha value is -2.23. The van der Waals surface area contributed by atoms with Crippen molar-refractivity contribution in [2.24, 2.45) is 5.41 Å². The van der Waals surface area contributed by atoms with Gasteiger partial charge in [-0.2, -0.15) is 0 Å². The van der Waals surface area contributed by atoms with E-state index in [0.29, 0.717) is 13.0 Å². The molecule has 1 aliphatic carbocycles. The van der Waals surface area contributed by atoms with Crippen molar-refractivity contribution in [1.82, 2.24) is 4.72 Å². The van der Waals surface area contributed by atoms with Gasteiger partial charge >= 0.3 is 5.97 Å². The molecule has 168 valence electrons. The van der Waals surface area contributed by atoms with Crippen molar-refractivity contribution >= 4 is 25.8 Å². The number of hydrogen-bond acceptors (Lipinski definition) is 5. The molecule has 0 aromatic heterocycles. The molecule has 0 spiro atoms. The Morgan fingerprint density at radius 3 is 1.94 bits per heavy atom. The van der Waals surface area contributed by atoms with Crippen LogP contribution in [0.5, 0.6) is 0 Å². The smallest absolute Gasteiger partial charge is 0.307 e. The quantitative estimate of drug-likeness (QED) is 0.588. The molecule has 1 aliphatic rings. The van der Waals surface area contributed by atoms with Crippen LogP contribution in [0.25, 0.3) is 0 Å². The molecule has 2 aromatic rings. The average molecular weight is 466 g/mol. The summed E-state index contributed by atoms with van der Waals surface area (Å²) in [4.78, 5) is 11.0. The van der Waals surface area contributed by atoms with E-state index < -0.39 is 25.8 Å². The summed E-state index contributed by atoms with van der Waals surface area (Å²) in [7, 11) is -7.16. The molecule has 1 fully saturated rings. The normalized spacial score (nSPS) is 16.3. The van der Waals surface area contributed by atoms with Gasteiger partial charge in [0, 0.05) is 12.8 Å². The molecule has 0 heterocycles. The molecule has 7 nitrogen and oxygen atoms in total. The van der Waals surface area contributed by atoms with E-state index in [-0.39, 0.29) is 21.6 Å². The minimum atomic E-state index is -3.77. The lowest BCUT2D eigenvalue weighted by Gasteiger charge is -2.29. The Morgan fingerprint density at radius 2 is 1.42 bits per heavy atom. The SMILES string of the molecule is CS(=O)(=O)c1ccc(S(=O)(=O)NCC2(Cc3ccc(CC(=O)O)cc3)CCCC2)cc1. The zero-order valence-electron chi connectivity index (χ0n) is 17.4. The first kappa shape index (κ1) is 23.4. The number of benzene rings is 2. The summed E-state index contributed by atoms with van der Waals surface area (Å²) >= 11 is 0. The van der Waals surface area contributed by atoms with E-state index in [0.717, 1.165) is 43.1 Å². The number of rotatable bonds is 9. The van der Waals surface area contributed by atoms with Gasteiger partial charge in [0.25, 0.3) is 0 Å².